The molecule has 3 heterocycles. The number of nitrogens with zero attached hydrogens (tertiary/aromatic N) is 3. The van der Waals surface area contributed by atoms with Crippen molar-refractivity contribution in [2.45, 2.75) is 12.5 Å². The zero-order chi connectivity index (χ0) is 12.3. The molecule has 0 spiro atoms. The first kappa shape index (κ1) is 9.87. The van der Waals surface area contributed by atoms with Crippen molar-refractivity contribution in [1.82, 2.24) is 15.0 Å². The maximum Gasteiger partial charge on any atom is 0.326 e. The molecule has 0 unspecified atom stereocenters. The van der Waals surface area contributed by atoms with Crippen LogP contribution in [0, 0.1) is 11.8 Å². The van der Waals surface area contributed by atoms with Crippen LogP contribution in [0.2, 0.25) is 0 Å². The third-order valence-electron chi connectivity index (χ3n) is 4.01. The number of hydrogen-bond acceptors (Lipinski definition) is 4. The molecule has 1 saturated heterocycles. The van der Waals surface area contributed by atoms with E-state index < -0.39 is 12.0 Å². The number of carboxylic acids is 1. The standard InChI is InChI=1S/C12H12N4O2/c17-12(18)9-8-3-6(8)4-16(9)11-7-1-2-13-10(7)14-5-15-11/h1-2,5-6,8-9H,3-4H2,(H,17,18)(H,13,14,15)/t6-,8+,9-/m1/s1. The molecule has 6 heteroatoms. The first-order chi connectivity index (χ1) is 8.75. The van der Waals surface area contributed by atoms with E-state index in [-0.39, 0.29) is 0 Å². The minimum absolute atomic E-state index is 0.298. The highest BCUT2D eigenvalue weighted by Gasteiger charge is 2.56. The van der Waals surface area contributed by atoms with Gasteiger partial charge in [-0.25, -0.2) is 14.8 Å². The van der Waals surface area contributed by atoms with Gasteiger partial charge in [0, 0.05) is 12.7 Å². The average Bonchev–Trinajstić information content (AvgIpc) is 2.82. The molecule has 2 aliphatic rings. The van der Waals surface area contributed by atoms with Crippen LogP contribution in [0.15, 0.2) is 18.6 Å². The summed E-state index contributed by atoms with van der Waals surface area (Å²) >= 11 is 0. The molecule has 3 atom stereocenters. The molecular weight excluding hydrogens is 232 g/mol. The van der Waals surface area contributed by atoms with E-state index in [2.05, 4.69) is 15.0 Å². The first-order valence-corrected chi connectivity index (χ1v) is 6.03. The number of aromatic nitrogens is 3. The van der Waals surface area contributed by atoms with Gasteiger partial charge in [0.25, 0.3) is 0 Å². The Kier molecular flexibility index (Phi) is 1.76. The fraction of sp³-hybridized carbons (Fsp3) is 0.417. The van der Waals surface area contributed by atoms with Crippen molar-refractivity contribution in [3.8, 4) is 0 Å². The predicted molar refractivity (Wildman–Crippen MR) is 64.3 cm³/mol. The molecule has 2 aromatic heterocycles. The van der Waals surface area contributed by atoms with Crippen molar-refractivity contribution in [3.63, 3.8) is 0 Å². The molecule has 0 aromatic carbocycles. The quantitative estimate of drug-likeness (QED) is 0.819. The molecule has 1 aliphatic heterocycles. The Morgan fingerprint density at radius 2 is 2.39 bits per heavy atom. The van der Waals surface area contributed by atoms with Crippen molar-refractivity contribution in [1.29, 1.82) is 0 Å². The van der Waals surface area contributed by atoms with E-state index in [4.69, 9.17) is 0 Å². The van der Waals surface area contributed by atoms with Crippen LogP contribution in [-0.2, 0) is 4.79 Å². The van der Waals surface area contributed by atoms with Crippen molar-refractivity contribution < 1.29 is 9.90 Å². The van der Waals surface area contributed by atoms with Gasteiger partial charge in [0.15, 0.2) is 0 Å². The number of aromatic amines is 1. The lowest BCUT2D eigenvalue weighted by Crippen LogP contribution is -2.40. The third kappa shape index (κ3) is 1.20. The highest BCUT2D eigenvalue weighted by atomic mass is 16.4. The maximum absolute atomic E-state index is 11.4. The van der Waals surface area contributed by atoms with E-state index in [1.54, 1.807) is 6.20 Å². The SMILES string of the molecule is O=C(O)[C@H]1[C@H]2C[C@@H]2CN1c1ncnc2[nH]ccc12. The van der Waals surface area contributed by atoms with Crippen LogP contribution in [0.1, 0.15) is 6.42 Å². The van der Waals surface area contributed by atoms with Gasteiger partial charge in [-0.2, -0.15) is 0 Å². The number of nitrogens with one attached hydrogen (secondary N) is 1. The summed E-state index contributed by atoms with van der Waals surface area (Å²) in [5.74, 6) is 0.810. The van der Waals surface area contributed by atoms with Crippen molar-refractivity contribution in [2.24, 2.45) is 11.8 Å². The Morgan fingerprint density at radius 1 is 1.50 bits per heavy atom. The summed E-state index contributed by atoms with van der Waals surface area (Å²) in [5.41, 5.74) is 0.754. The Balaban J connectivity index is 1.83. The molecule has 0 bridgehead atoms. The lowest BCUT2D eigenvalue weighted by molar-refractivity contribution is -0.138. The van der Waals surface area contributed by atoms with Crippen LogP contribution in [-0.4, -0.2) is 38.6 Å². The maximum atomic E-state index is 11.4. The summed E-state index contributed by atoms with van der Waals surface area (Å²) in [5, 5.41) is 10.3. The molecule has 4 rings (SSSR count). The van der Waals surface area contributed by atoms with E-state index in [0.717, 1.165) is 29.8 Å². The summed E-state index contributed by atoms with van der Waals surface area (Å²) in [7, 11) is 0. The Morgan fingerprint density at radius 3 is 3.22 bits per heavy atom. The number of carboxylic acid groups (broad SMARTS) is 1. The zero-order valence-electron chi connectivity index (χ0n) is 9.58. The van der Waals surface area contributed by atoms with Crippen LogP contribution in [0.25, 0.3) is 11.0 Å². The van der Waals surface area contributed by atoms with E-state index in [0.29, 0.717) is 11.8 Å². The molecule has 1 saturated carbocycles. The monoisotopic (exact) mass is 244 g/mol. The van der Waals surface area contributed by atoms with Crippen molar-refractivity contribution >= 4 is 22.8 Å². The van der Waals surface area contributed by atoms with Crippen LogP contribution < -0.4 is 4.90 Å². The molecule has 0 radical (unpaired) electrons. The second-order valence-corrected chi connectivity index (χ2v) is 5.03. The molecule has 1 aliphatic carbocycles. The van der Waals surface area contributed by atoms with E-state index >= 15 is 0 Å². The summed E-state index contributed by atoms with van der Waals surface area (Å²) < 4.78 is 0. The minimum Gasteiger partial charge on any atom is -0.480 e. The fourth-order valence-corrected chi connectivity index (χ4v) is 3.09. The van der Waals surface area contributed by atoms with Crippen LogP contribution in [0.4, 0.5) is 5.82 Å². The topological polar surface area (TPSA) is 82.1 Å². The van der Waals surface area contributed by atoms with Crippen LogP contribution in [0.3, 0.4) is 0 Å². The van der Waals surface area contributed by atoms with Crippen LogP contribution >= 0.6 is 0 Å². The molecule has 0 amide bonds. The first-order valence-electron chi connectivity index (χ1n) is 6.03. The lowest BCUT2D eigenvalue weighted by Gasteiger charge is -2.25. The van der Waals surface area contributed by atoms with Crippen molar-refractivity contribution in [2.75, 3.05) is 11.4 Å². The Hall–Kier alpha value is -2.11. The minimum atomic E-state index is -0.748. The number of hydrogen-bond donors (Lipinski definition) is 2. The van der Waals surface area contributed by atoms with Gasteiger partial charge in [-0.3, -0.25) is 0 Å². The number of piperidine rings is 1. The predicted octanol–water partition coefficient (Wildman–Crippen LogP) is 0.867. The van der Waals surface area contributed by atoms with E-state index in [1.807, 2.05) is 11.0 Å². The average molecular weight is 244 g/mol. The molecule has 6 nitrogen and oxygen atoms in total. The summed E-state index contributed by atoms with van der Waals surface area (Å²) in [4.78, 5) is 24.8. The highest BCUT2D eigenvalue weighted by Crippen LogP contribution is 2.51. The second-order valence-electron chi connectivity index (χ2n) is 5.03. The van der Waals surface area contributed by atoms with Gasteiger partial charge in [-0.1, -0.05) is 0 Å². The van der Waals surface area contributed by atoms with E-state index in [1.165, 1.54) is 6.33 Å². The van der Waals surface area contributed by atoms with Crippen molar-refractivity contribution in [3.05, 3.63) is 18.6 Å². The second kappa shape index (κ2) is 3.22. The lowest BCUT2D eigenvalue weighted by atomic mass is 10.2. The summed E-state index contributed by atoms with van der Waals surface area (Å²) in [6.45, 7) is 0.791. The summed E-state index contributed by atoms with van der Waals surface area (Å²) in [6.07, 6.45) is 4.32. The Labute approximate surface area is 103 Å². The van der Waals surface area contributed by atoms with Gasteiger partial charge >= 0.3 is 5.97 Å². The largest absolute Gasteiger partial charge is 0.480 e. The number of carbonyl (C=O) groups is 1. The summed E-state index contributed by atoms with van der Waals surface area (Å²) in [6, 6.07) is 1.47. The molecular formula is C12H12N4O2. The number of aliphatic carboxylic acids is 1. The molecule has 2 fully saturated rings. The van der Waals surface area contributed by atoms with Gasteiger partial charge in [0.1, 0.15) is 23.8 Å². The van der Waals surface area contributed by atoms with Gasteiger partial charge < -0.3 is 15.0 Å². The van der Waals surface area contributed by atoms with Gasteiger partial charge in [-0.15, -0.1) is 0 Å². The number of fused-ring (bicyclic) bond motifs is 2. The zero-order valence-corrected chi connectivity index (χ0v) is 9.58. The highest BCUT2D eigenvalue weighted by molar-refractivity contribution is 5.90. The van der Waals surface area contributed by atoms with Gasteiger partial charge in [0.2, 0.25) is 0 Å². The van der Waals surface area contributed by atoms with Gasteiger partial charge in [-0.05, 0) is 24.3 Å². The molecule has 92 valence electrons. The third-order valence-corrected chi connectivity index (χ3v) is 4.01. The fourth-order valence-electron chi connectivity index (χ4n) is 3.09. The number of rotatable bonds is 2. The molecule has 2 N–H and O–H groups in total. The number of H-pyrrole nitrogens is 1. The normalized spacial score (nSPS) is 29.6. The van der Waals surface area contributed by atoms with E-state index in [9.17, 15) is 9.90 Å². The Bertz CT molecular complexity index is 638. The molecule has 18 heavy (non-hydrogen) atoms. The number of anilines is 1. The molecule has 2 aromatic rings. The van der Waals surface area contributed by atoms with Crippen LogP contribution in [0.5, 0.6) is 0 Å². The smallest absolute Gasteiger partial charge is 0.326 e. The van der Waals surface area contributed by atoms with Gasteiger partial charge in [0.05, 0.1) is 5.39 Å².